The van der Waals surface area contributed by atoms with E-state index in [-0.39, 0.29) is 11.0 Å². The summed E-state index contributed by atoms with van der Waals surface area (Å²) < 4.78 is 0. The molecule has 1 aliphatic heterocycles. The SMILES string of the molecule is O=C(C=Cc1ccc(Cl)cc1Cl)NC(=S)Nc1ccccc1N1CCCCC1. The fourth-order valence-corrected chi connectivity index (χ4v) is 3.78. The Morgan fingerprint density at radius 2 is 1.82 bits per heavy atom. The van der Waals surface area contributed by atoms with Crippen molar-refractivity contribution in [3.8, 4) is 0 Å². The number of para-hydroxylation sites is 2. The minimum absolute atomic E-state index is 0.251. The van der Waals surface area contributed by atoms with E-state index in [2.05, 4.69) is 21.6 Å². The van der Waals surface area contributed by atoms with Crippen LogP contribution in [0.3, 0.4) is 0 Å². The van der Waals surface area contributed by atoms with Crippen LogP contribution in [0.25, 0.3) is 6.08 Å². The van der Waals surface area contributed by atoms with Gasteiger partial charge in [-0.3, -0.25) is 10.1 Å². The molecule has 0 aliphatic carbocycles. The molecule has 3 rings (SSSR count). The van der Waals surface area contributed by atoms with Gasteiger partial charge < -0.3 is 10.2 Å². The molecule has 0 saturated carbocycles. The molecule has 0 bridgehead atoms. The van der Waals surface area contributed by atoms with Crippen LogP contribution in [0.2, 0.25) is 10.0 Å². The zero-order valence-electron chi connectivity index (χ0n) is 15.3. The number of hydrogen-bond acceptors (Lipinski definition) is 3. The first-order valence-corrected chi connectivity index (χ1v) is 10.3. The van der Waals surface area contributed by atoms with Crippen LogP contribution in [0.4, 0.5) is 11.4 Å². The van der Waals surface area contributed by atoms with E-state index in [9.17, 15) is 4.79 Å². The third-order valence-electron chi connectivity index (χ3n) is 4.46. The van der Waals surface area contributed by atoms with Crippen molar-refractivity contribution in [3.05, 3.63) is 64.1 Å². The number of nitrogens with zero attached hydrogens (tertiary/aromatic N) is 1. The second kappa shape index (κ2) is 9.92. The van der Waals surface area contributed by atoms with Crippen LogP contribution in [-0.2, 0) is 4.79 Å². The third-order valence-corrected chi connectivity index (χ3v) is 5.23. The van der Waals surface area contributed by atoms with Gasteiger partial charge in [-0.2, -0.15) is 0 Å². The number of anilines is 2. The van der Waals surface area contributed by atoms with Gasteiger partial charge in [0, 0.05) is 29.2 Å². The van der Waals surface area contributed by atoms with E-state index in [1.165, 1.54) is 25.3 Å². The van der Waals surface area contributed by atoms with Crippen LogP contribution in [0.1, 0.15) is 24.8 Å². The molecule has 0 atom stereocenters. The molecule has 0 spiro atoms. The monoisotopic (exact) mass is 433 g/mol. The second-order valence-electron chi connectivity index (χ2n) is 6.51. The number of hydrogen-bond donors (Lipinski definition) is 2. The van der Waals surface area contributed by atoms with Crippen molar-refractivity contribution >= 4 is 63.9 Å². The van der Waals surface area contributed by atoms with Crippen molar-refractivity contribution in [3.63, 3.8) is 0 Å². The summed E-state index contributed by atoms with van der Waals surface area (Å²) in [5.41, 5.74) is 2.69. The van der Waals surface area contributed by atoms with Gasteiger partial charge >= 0.3 is 0 Å². The Labute approximate surface area is 180 Å². The maximum Gasteiger partial charge on any atom is 0.250 e. The standard InChI is InChI=1S/C21H21Cl2N3OS/c22-16-10-8-15(17(23)14-16)9-11-20(27)25-21(28)24-18-6-2-3-7-19(18)26-12-4-1-5-13-26/h2-3,6-11,14H,1,4-5,12-13H2,(H2,24,25,27,28). The molecule has 0 radical (unpaired) electrons. The van der Waals surface area contributed by atoms with Crippen molar-refractivity contribution in [2.75, 3.05) is 23.3 Å². The second-order valence-corrected chi connectivity index (χ2v) is 7.76. The van der Waals surface area contributed by atoms with Gasteiger partial charge in [-0.1, -0.05) is 41.4 Å². The van der Waals surface area contributed by atoms with Gasteiger partial charge in [-0.15, -0.1) is 0 Å². The molecule has 2 aromatic rings. The van der Waals surface area contributed by atoms with E-state index >= 15 is 0 Å². The lowest BCUT2D eigenvalue weighted by atomic mass is 10.1. The average molecular weight is 434 g/mol. The fraction of sp³-hybridized carbons (Fsp3) is 0.238. The van der Waals surface area contributed by atoms with E-state index in [1.807, 2.05) is 18.2 Å². The highest BCUT2D eigenvalue weighted by atomic mass is 35.5. The number of amides is 1. The predicted octanol–water partition coefficient (Wildman–Crippen LogP) is 5.51. The van der Waals surface area contributed by atoms with Crippen molar-refractivity contribution in [1.82, 2.24) is 5.32 Å². The van der Waals surface area contributed by atoms with E-state index in [1.54, 1.807) is 24.3 Å². The van der Waals surface area contributed by atoms with Crippen LogP contribution in [0.5, 0.6) is 0 Å². The number of rotatable bonds is 4. The smallest absolute Gasteiger partial charge is 0.250 e. The molecule has 0 aromatic heterocycles. The molecule has 1 amide bonds. The van der Waals surface area contributed by atoms with Gasteiger partial charge in [-0.05, 0) is 67.4 Å². The Hall–Kier alpha value is -2.08. The fourth-order valence-electron chi connectivity index (χ4n) is 3.10. The average Bonchev–Trinajstić information content (AvgIpc) is 2.68. The lowest BCUT2D eigenvalue weighted by Gasteiger charge is -2.30. The van der Waals surface area contributed by atoms with Crippen LogP contribution in [0, 0.1) is 0 Å². The molecule has 2 aromatic carbocycles. The van der Waals surface area contributed by atoms with Crippen LogP contribution in [-0.4, -0.2) is 24.1 Å². The summed E-state index contributed by atoms with van der Waals surface area (Å²) in [5, 5.41) is 7.08. The predicted molar refractivity (Wildman–Crippen MR) is 122 cm³/mol. The highest BCUT2D eigenvalue weighted by Crippen LogP contribution is 2.28. The highest BCUT2D eigenvalue weighted by molar-refractivity contribution is 7.80. The van der Waals surface area contributed by atoms with E-state index in [4.69, 9.17) is 35.4 Å². The lowest BCUT2D eigenvalue weighted by molar-refractivity contribution is -0.115. The topological polar surface area (TPSA) is 44.4 Å². The zero-order valence-corrected chi connectivity index (χ0v) is 17.6. The molecule has 1 saturated heterocycles. The Kier molecular flexibility index (Phi) is 7.31. The summed E-state index contributed by atoms with van der Waals surface area (Å²) in [5.74, 6) is -0.334. The molecule has 7 heteroatoms. The normalized spacial score (nSPS) is 14.1. The van der Waals surface area contributed by atoms with E-state index in [0.717, 1.165) is 24.5 Å². The van der Waals surface area contributed by atoms with Gasteiger partial charge in [0.2, 0.25) is 5.91 Å². The van der Waals surface area contributed by atoms with Crippen molar-refractivity contribution in [2.45, 2.75) is 19.3 Å². The Morgan fingerprint density at radius 1 is 1.07 bits per heavy atom. The summed E-state index contributed by atoms with van der Waals surface area (Å²) >= 11 is 17.3. The summed E-state index contributed by atoms with van der Waals surface area (Å²) in [6, 6.07) is 13.1. The summed E-state index contributed by atoms with van der Waals surface area (Å²) in [4.78, 5) is 14.5. The highest BCUT2D eigenvalue weighted by Gasteiger charge is 2.15. The van der Waals surface area contributed by atoms with E-state index in [0.29, 0.717) is 15.6 Å². The molecule has 1 aliphatic rings. The Morgan fingerprint density at radius 3 is 2.57 bits per heavy atom. The quantitative estimate of drug-likeness (QED) is 0.492. The molecule has 4 nitrogen and oxygen atoms in total. The maximum absolute atomic E-state index is 12.2. The van der Waals surface area contributed by atoms with Gasteiger partial charge in [0.25, 0.3) is 0 Å². The number of benzene rings is 2. The van der Waals surface area contributed by atoms with Crippen LogP contribution in [0.15, 0.2) is 48.5 Å². The Balaban J connectivity index is 1.61. The molecule has 0 unspecified atom stereocenters. The Bertz CT molecular complexity index is 895. The summed E-state index contributed by atoms with van der Waals surface area (Å²) in [6.45, 7) is 2.06. The van der Waals surface area contributed by atoms with Crippen molar-refractivity contribution < 1.29 is 4.79 Å². The summed E-state index contributed by atoms with van der Waals surface area (Å²) in [6.07, 6.45) is 6.66. The minimum Gasteiger partial charge on any atom is -0.370 e. The zero-order chi connectivity index (χ0) is 19.9. The van der Waals surface area contributed by atoms with Gasteiger partial charge in [0.05, 0.1) is 11.4 Å². The molecule has 2 N–H and O–H groups in total. The van der Waals surface area contributed by atoms with E-state index < -0.39 is 0 Å². The molecular weight excluding hydrogens is 413 g/mol. The summed E-state index contributed by atoms with van der Waals surface area (Å²) in [7, 11) is 0. The number of nitrogens with one attached hydrogen (secondary N) is 2. The molecule has 1 fully saturated rings. The van der Waals surface area contributed by atoms with Gasteiger partial charge in [0.1, 0.15) is 0 Å². The minimum atomic E-state index is -0.334. The van der Waals surface area contributed by atoms with Gasteiger partial charge in [0.15, 0.2) is 5.11 Å². The number of thiocarbonyl (C=S) groups is 1. The number of carbonyl (C=O) groups is 1. The first-order chi connectivity index (χ1) is 13.5. The molecule has 146 valence electrons. The largest absolute Gasteiger partial charge is 0.370 e. The number of piperidine rings is 1. The van der Waals surface area contributed by atoms with Crippen LogP contribution >= 0.6 is 35.4 Å². The first-order valence-electron chi connectivity index (χ1n) is 9.12. The third kappa shape index (κ3) is 5.71. The van der Waals surface area contributed by atoms with Gasteiger partial charge in [-0.25, -0.2) is 0 Å². The first kappa shape index (κ1) is 20.6. The molecule has 1 heterocycles. The lowest BCUT2D eigenvalue weighted by Crippen LogP contribution is -2.34. The molecule has 28 heavy (non-hydrogen) atoms. The van der Waals surface area contributed by atoms with Crippen LogP contribution < -0.4 is 15.5 Å². The number of carbonyl (C=O) groups excluding carboxylic acids is 1. The maximum atomic E-state index is 12.2. The van der Waals surface area contributed by atoms with Crippen molar-refractivity contribution in [1.29, 1.82) is 0 Å². The number of halogens is 2. The van der Waals surface area contributed by atoms with Crippen molar-refractivity contribution in [2.24, 2.45) is 0 Å². The molecular formula is C21H21Cl2N3OS.